The second-order valence-corrected chi connectivity index (χ2v) is 7.33. The SMILES string of the molecule is Cc1cc(C(=O)Nc2nc3ccc(SC(F)F)cc3s2)ccc1[N+](=O)[O-]. The van der Waals surface area contributed by atoms with Gasteiger partial charge in [0.15, 0.2) is 5.13 Å². The molecule has 0 radical (unpaired) electrons. The zero-order valence-corrected chi connectivity index (χ0v) is 14.9. The summed E-state index contributed by atoms with van der Waals surface area (Å²) in [5.74, 6) is -2.96. The highest BCUT2D eigenvalue weighted by Gasteiger charge is 2.15. The third kappa shape index (κ3) is 3.97. The smallest absolute Gasteiger partial charge is 0.288 e. The molecule has 0 aliphatic rings. The number of aromatic nitrogens is 1. The number of fused-ring (bicyclic) bond motifs is 1. The van der Waals surface area contributed by atoms with Crippen molar-refractivity contribution in [3.05, 3.63) is 57.6 Å². The number of anilines is 1. The van der Waals surface area contributed by atoms with Gasteiger partial charge in [-0.15, -0.1) is 0 Å². The molecule has 0 saturated heterocycles. The molecule has 0 saturated carbocycles. The van der Waals surface area contributed by atoms with E-state index in [1.807, 2.05) is 0 Å². The molecule has 1 amide bonds. The highest BCUT2D eigenvalue weighted by molar-refractivity contribution is 7.99. The Hall–Kier alpha value is -2.59. The maximum absolute atomic E-state index is 12.4. The number of alkyl halides is 2. The molecule has 134 valence electrons. The van der Waals surface area contributed by atoms with E-state index in [-0.39, 0.29) is 11.3 Å². The number of thioether (sulfide) groups is 1. The molecule has 6 nitrogen and oxygen atoms in total. The summed E-state index contributed by atoms with van der Waals surface area (Å²) in [6.07, 6.45) is 0. The zero-order valence-electron chi connectivity index (χ0n) is 13.2. The van der Waals surface area contributed by atoms with Crippen molar-refractivity contribution in [1.82, 2.24) is 4.98 Å². The van der Waals surface area contributed by atoms with Crippen molar-refractivity contribution in [3.8, 4) is 0 Å². The molecule has 0 unspecified atom stereocenters. The molecule has 1 N–H and O–H groups in total. The fraction of sp³-hybridized carbons (Fsp3) is 0.125. The first-order valence-corrected chi connectivity index (χ1v) is 8.95. The van der Waals surface area contributed by atoms with Crippen LogP contribution in [0.2, 0.25) is 0 Å². The molecule has 26 heavy (non-hydrogen) atoms. The lowest BCUT2D eigenvalue weighted by Gasteiger charge is -2.03. The summed E-state index contributed by atoms with van der Waals surface area (Å²) in [6.45, 7) is 1.55. The van der Waals surface area contributed by atoms with Gasteiger partial charge in [0.05, 0.1) is 15.1 Å². The van der Waals surface area contributed by atoms with E-state index in [2.05, 4.69) is 10.3 Å². The van der Waals surface area contributed by atoms with Gasteiger partial charge in [-0.05, 0) is 37.3 Å². The summed E-state index contributed by atoms with van der Waals surface area (Å²) >= 11 is 1.61. The van der Waals surface area contributed by atoms with Gasteiger partial charge in [-0.1, -0.05) is 23.1 Å². The predicted octanol–water partition coefficient (Wildman–Crippen LogP) is 5.08. The molecule has 0 fully saturated rings. The predicted molar refractivity (Wildman–Crippen MR) is 97.3 cm³/mol. The normalized spacial score (nSPS) is 11.1. The van der Waals surface area contributed by atoms with Crippen molar-refractivity contribution in [1.29, 1.82) is 0 Å². The molecule has 0 bridgehead atoms. The molecule has 0 aliphatic heterocycles. The number of nitro groups is 1. The summed E-state index contributed by atoms with van der Waals surface area (Å²) in [5, 5.41) is 13.8. The van der Waals surface area contributed by atoms with Gasteiger partial charge in [0.25, 0.3) is 17.4 Å². The standard InChI is InChI=1S/C16H11F2N3O3S2/c1-8-6-9(2-5-12(8)21(23)24)14(22)20-16-19-11-4-3-10(25-15(17)18)7-13(11)26-16/h2-7,15H,1H3,(H,19,20,22). The first kappa shape index (κ1) is 18.2. The first-order chi connectivity index (χ1) is 12.3. The van der Waals surface area contributed by atoms with Crippen LogP contribution in [0.25, 0.3) is 10.2 Å². The van der Waals surface area contributed by atoms with Crippen LogP contribution in [0.5, 0.6) is 0 Å². The lowest BCUT2D eigenvalue weighted by atomic mass is 10.1. The van der Waals surface area contributed by atoms with Gasteiger partial charge >= 0.3 is 0 Å². The molecular weight excluding hydrogens is 384 g/mol. The van der Waals surface area contributed by atoms with Gasteiger partial charge in [-0.25, -0.2) is 4.98 Å². The van der Waals surface area contributed by atoms with E-state index in [0.717, 1.165) is 11.3 Å². The summed E-state index contributed by atoms with van der Waals surface area (Å²) in [6, 6.07) is 8.82. The number of nitro benzene ring substituents is 1. The van der Waals surface area contributed by atoms with Gasteiger partial charge in [-0.3, -0.25) is 20.2 Å². The van der Waals surface area contributed by atoms with Crippen LogP contribution in [0.3, 0.4) is 0 Å². The lowest BCUT2D eigenvalue weighted by molar-refractivity contribution is -0.385. The van der Waals surface area contributed by atoms with Gasteiger partial charge in [-0.2, -0.15) is 8.78 Å². The van der Waals surface area contributed by atoms with Crippen molar-refractivity contribution in [3.63, 3.8) is 0 Å². The Kier molecular flexibility index (Phi) is 5.14. The van der Waals surface area contributed by atoms with Crippen LogP contribution in [0, 0.1) is 17.0 Å². The minimum absolute atomic E-state index is 0.0643. The molecule has 3 rings (SSSR count). The second-order valence-electron chi connectivity index (χ2n) is 5.24. The summed E-state index contributed by atoms with van der Waals surface area (Å²) in [5.41, 5.74) is 1.16. The summed E-state index contributed by atoms with van der Waals surface area (Å²) in [4.78, 5) is 27.3. The molecule has 1 aromatic heterocycles. The number of carbonyl (C=O) groups excluding carboxylic acids is 1. The number of benzene rings is 2. The second kappa shape index (κ2) is 7.34. The third-order valence-corrected chi connectivity index (χ3v) is 5.10. The van der Waals surface area contributed by atoms with Gasteiger partial charge < -0.3 is 0 Å². The monoisotopic (exact) mass is 395 g/mol. The van der Waals surface area contributed by atoms with E-state index < -0.39 is 16.6 Å². The molecule has 0 aliphatic carbocycles. The van der Waals surface area contributed by atoms with Crippen LogP contribution in [-0.4, -0.2) is 21.6 Å². The molecule has 2 aromatic carbocycles. The number of nitrogens with zero attached hydrogens (tertiary/aromatic N) is 2. The molecule has 0 atom stereocenters. The molecule has 3 aromatic rings. The van der Waals surface area contributed by atoms with Crippen LogP contribution in [-0.2, 0) is 0 Å². The lowest BCUT2D eigenvalue weighted by Crippen LogP contribution is -2.12. The van der Waals surface area contributed by atoms with E-state index in [1.165, 1.54) is 18.2 Å². The molecular formula is C16H11F2N3O3S2. The van der Waals surface area contributed by atoms with E-state index in [4.69, 9.17) is 0 Å². The fourth-order valence-electron chi connectivity index (χ4n) is 2.31. The average Bonchev–Trinajstić information content (AvgIpc) is 2.95. The Morgan fingerprint density at radius 1 is 1.31 bits per heavy atom. The maximum atomic E-state index is 12.4. The van der Waals surface area contributed by atoms with Crippen LogP contribution in [0.4, 0.5) is 19.6 Å². The Bertz CT molecular complexity index is 1010. The minimum Gasteiger partial charge on any atom is -0.298 e. The highest BCUT2D eigenvalue weighted by Crippen LogP contribution is 2.32. The van der Waals surface area contributed by atoms with Crippen molar-refractivity contribution >= 4 is 50.0 Å². The van der Waals surface area contributed by atoms with E-state index in [9.17, 15) is 23.7 Å². The van der Waals surface area contributed by atoms with Gasteiger partial charge in [0, 0.05) is 22.1 Å². The van der Waals surface area contributed by atoms with Gasteiger partial charge in [0.2, 0.25) is 0 Å². The highest BCUT2D eigenvalue weighted by atomic mass is 32.2. The van der Waals surface area contributed by atoms with E-state index in [1.54, 1.807) is 25.1 Å². The number of nitrogens with one attached hydrogen (secondary N) is 1. The zero-order chi connectivity index (χ0) is 18.8. The summed E-state index contributed by atoms with van der Waals surface area (Å²) in [7, 11) is 0. The maximum Gasteiger partial charge on any atom is 0.288 e. The Morgan fingerprint density at radius 3 is 2.73 bits per heavy atom. The minimum atomic E-state index is -2.51. The number of carbonyl (C=O) groups is 1. The van der Waals surface area contributed by atoms with Crippen LogP contribution in [0.1, 0.15) is 15.9 Å². The van der Waals surface area contributed by atoms with E-state index in [0.29, 0.717) is 37.6 Å². The first-order valence-electron chi connectivity index (χ1n) is 7.25. The molecule has 10 heteroatoms. The Morgan fingerprint density at radius 2 is 2.08 bits per heavy atom. The Balaban J connectivity index is 1.81. The average molecular weight is 395 g/mol. The van der Waals surface area contributed by atoms with Crippen LogP contribution in [0.15, 0.2) is 41.3 Å². The van der Waals surface area contributed by atoms with Crippen LogP contribution >= 0.6 is 23.1 Å². The summed E-state index contributed by atoms with van der Waals surface area (Å²) < 4.78 is 25.6. The fourth-order valence-corrected chi connectivity index (χ4v) is 3.82. The topological polar surface area (TPSA) is 85.1 Å². The molecule has 1 heterocycles. The number of hydrogen-bond donors (Lipinski definition) is 1. The van der Waals surface area contributed by atoms with Crippen molar-refractivity contribution < 1.29 is 18.5 Å². The number of amides is 1. The number of aryl methyl sites for hydroxylation is 1. The molecule has 0 spiro atoms. The van der Waals surface area contributed by atoms with E-state index >= 15 is 0 Å². The number of hydrogen-bond acceptors (Lipinski definition) is 6. The number of rotatable bonds is 5. The number of thiazole rings is 1. The van der Waals surface area contributed by atoms with Crippen molar-refractivity contribution in [2.75, 3.05) is 5.32 Å². The largest absolute Gasteiger partial charge is 0.298 e. The van der Waals surface area contributed by atoms with Gasteiger partial charge in [0.1, 0.15) is 0 Å². The quantitative estimate of drug-likeness (QED) is 0.370. The van der Waals surface area contributed by atoms with Crippen molar-refractivity contribution in [2.24, 2.45) is 0 Å². The van der Waals surface area contributed by atoms with Crippen molar-refractivity contribution in [2.45, 2.75) is 17.6 Å². The Labute approximate surface area is 154 Å². The number of halogens is 2. The van der Waals surface area contributed by atoms with Crippen LogP contribution < -0.4 is 5.32 Å². The third-order valence-electron chi connectivity index (χ3n) is 3.46.